The van der Waals surface area contributed by atoms with Gasteiger partial charge in [-0.05, 0) is 51.0 Å². The van der Waals surface area contributed by atoms with E-state index >= 15 is 0 Å². The van der Waals surface area contributed by atoms with Crippen molar-refractivity contribution in [3.05, 3.63) is 0 Å². The second kappa shape index (κ2) is 4.06. The van der Waals surface area contributed by atoms with Gasteiger partial charge >= 0.3 is 0 Å². The third kappa shape index (κ3) is 1.94. The van der Waals surface area contributed by atoms with Gasteiger partial charge in [0.15, 0.2) is 0 Å². The van der Waals surface area contributed by atoms with E-state index in [2.05, 4.69) is 6.92 Å². The van der Waals surface area contributed by atoms with Crippen LogP contribution in [0, 0.1) is 11.3 Å². The van der Waals surface area contributed by atoms with Gasteiger partial charge in [0.05, 0.1) is 5.60 Å². The topological polar surface area (TPSA) is 46.2 Å². The van der Waals surface area contributed by atoms with Crippen LogP contribution in [0.1, 0.15) is 58.3 Å². The summed E-state index contributed by atoms with van der Waals surface area (Å²) in [6, 6.07) is 0. The van der Waals surface area contributed by atoms with Crippen molar-refractivity contribution in [3.8, 4) is 0 Å². The van der Waals surface area contributed by atoms with Crippen molar-refractivity contribution in [1.29, 1.82) is 0 Å². The largest absolute Gasteiger partial charge is 0.389 e. The summed E-state index contributed by atoms with van der Waals surface area (Å²) in [5.74, 6) is 0.836. The van der Waals surface area contributed by atoms with Gasteiger partial charge in [0.25, 0.3) is 0 Å². The Hall–Kier alpha value is -0.0800. The number of aliphatic hydroxyl groups is 1. The lowest BCUT2D eigenvalue weighted by molar-refractivity contribution is 0.0615. The number of hydrogen-bond acceptors (Lipinski definition) is 2. The standard InChI is InChI=1S/C13H25NO/c1-2-13(15)10-12(13)7-3-5-11(9-12)6-4-8-14/h11,15H,2-10,14H2,1H3. The van der Waals surface area contributed by atoms with Gasteiger partial charge in [0.1, 0.15) is 0 Å². The summed E-state index contributed by atoms with van der Waals surface area (Å²) >= 11 is 0. The molecule has 2 nitrogen and oxygen atoms in total. The number of nitrogens with two attached hydrogens (primary N) is 1. The van der Waals surface area contributed by atoms with Crippen molar-refractivity contribution >= 4 is 0 Å². The molecule has 3 atom stereocenters. The van der Waals surface area contributed by atoms with E-state index in [0.717, 1.165) is 31.7 Å². The van der Waals surface area contributed by atoms with Crippen LogP contribution < -0.4 is 5.73 Å². The molecule has 2 fully saturated rings. The second-order valence-electron chi connectivity index (χ2n) is 5.74. The molecular formula is C13H25NO. The van der Waals surface area contributed by atoms with Gasteiger partial charge in [-0.25, -0.2) is 0 Å². The molecule has 0 aromatic heterocycles. The molecule has 2 aliphatic carbocycles. The second-order valence-corrected chi connectivity index (χ2v) is 5.74. The van der Waals surface area contributed by atoms with Crippen LogP contribution in [0.15, 0.2) is 0 Å². The summed E-state index contributed by atoms with van der Waals surface area (Å²) in [7, 11) is 0. The van der Waals surface area contributed by atoms with Crippen LogP contribution in [-0.4, -0.2) is 17.3 Å². The molecule has 2 saturated carbocycles. The van der Waals surface area contributed by atoms with E-state index in [1.807, 2.05) is 0 Å². The molecule has 2 aliphatic rings. The first-order valence-corrected chi connectivity index (χ1v) is 6.58. The van der Waals surface area contributed by atoms with E-state index in [4.69, 9.17) is 5.73 Å². The van der Waals surface area contributed by atoms with Gasteiger partial charge < -0.3 is 10.8 Å². The zero-order chi connectivity index (χ0) is 10.9. The normalized spacial score (nSPS) is 44.6. The first-order valence-electron chi connectivity index (χ1n) is 6.58. The van der Waals surface area contributed by atoms with Crippen molar-refractivity contribution in [3.63, 3.8) is 0 Å². The molecule has 0 aliphatic heterocycles. The van der Waals surface area contributed by atoms with Crippen molar-refractivity contribution in [2.24, 2.45) is 17.1 Å². The molecule has 0 aromatic carbocycles. The lowest BCUT2D eigenvalue weighted by Gasteiger charge is -2.32. The molecule has 2 heteroatoms. The minimum atomic E-state index is -0.297. The third-order valence-electron chi connectivity index (χ3n) is 4.84. The van der Waals surface area contributed by atoms with Crippen LogP contribution in [-0.2, 0) is 0 Å². The van der Waals surface area contributed by atoms with Crippen LogP contribution in [0.25, 0.3) is 0 Å². The van der Waals surface area contributed by atoms with Gasteiger partial charge in [-0.3, -0.25) is 0 Å². The highest BCUT2D eigenvalue weighted by Gasteiger charge is 2.65. The van der Waals surface area contributed by atoms with Crippen LogP contribution in [0.3, 0.4) is 0 Å². The monoisotopic (exact) mass is 211 g/mol. The molecule has 1 spiro atoms. The maximum Gasteiger partial charge on any atom is 0.0708 e. The van der Waals surface area contributed by atoms with Crippen molar-refractivity contribution < 1.29 is 5.11 Å². The van der Waals surface area contributed by atoms with Crippen LogP contribution in [0.5, 0.6) is 0 Å². The van der Waals surface area contributed by atoms with Crippen LogP contribution >= 0.6 is 0 Å². The minimum Gasteiger partial charge on any atom is -0.389 e. The molecule has 0 amide bonds. The molecule has 15 heavy (non-hydrogen) atoms. The van der Waals surface area contributed by atoms with E-state index in [1.54, 1.807) is 0 Å². The zero-order valence-electron chi connectivity index (χ0n) is 9.97. The average Bonchev–Trinajstić information content (AvgIpc) is 2.81. The molecular weight excluding hydrogens is 186 g/mol. The molecule has 88 valence electrons. The summed E-state index contributed by atoms with van der Waals surface area (Å²) in [5.41, 5.74) is 5.58. The highest BCUT2D eigenvalue weighted by atomic mass is 16.3. The Labute approximate surface area is 93.2 Å². The molecule has 0 aromatic rings. The Kier molecular flexibility index (Phi) is 3.09. The smallest absolute Gasteiger partial charge is 0.0708 e. The maximum atomic E-state index is 10.3. The van der Waals surface area contributed by atoms with Crippen LogP contribution in [0.2, 0.25) is 0 Å². The fourth-order valence-corrected chi connectivity index (χ4v) is 3.74. The van der Waals surface area contributed by atoms with E-state index in [9.17, 15) is 5.11 Å². The fourth-order valence-electron chi connectivity index (χ4n) is 3.74. The molecule has 3 unspecified atom stereocenters. The van der Waals surface area contributed by atoms with Crippen molar-refractivity contribution in [2.45, 2.75) is 63.9 Å². The predicted molar refractivity (Wildman–Crippen MR) is 62.5 cm³/mol. The Morgan fingerprint density at radius 2 is 2.27 bits per heavy atom. The molecule has 0 bridgehead atoms. The van der Waals surface area contributed by atoms with E-state index < -0.39 is 0 Å². The van der Waals surface area contributed by atoms with E-state index in [0.29, 0.717) is 5.41 Å². The molecule has 0 radical (unpaired) electrons. The van der Waals surface area contributed by atoms with Gasteiger partial charge in [0.2, 0.25) is 0 Å². The Balaban J connectivity index is 1.89. The Morgan fingerprint density at radius 3 is 2.87 bits per heavy atom. The van der Waals surface area contributed by atoms with Crippen molar-refractivity contribution in [1.82, 2.24) is 0 Å². The first-order chi connectivity index (χ1) is 7.16. The van der Waals surface area contributed by atoms with E-state index in [-0.39, 0.29) is 5.60 Å². The van der Waals surface area contributed by atoms with Gasteiger partial charge in [-0.2, -0.15) is 0 Å². The fraction of sp³-hybridized carbons (Fsp3) is 1.00. The minimum absolute atomic E-state index is 0.297. The maximum absolute atomic E-state index is 10.3. The summed E-state index contributed by atoms with van der Waals surface area (Å²) in [5, 5.41) is 10.3. The highest BCUT2D eigenvalue weighted by molar-refractivity contribution is 5.16. The zero-order valence-corrected chi connectivity index (χ0v) is 9.97. The Morgan fingerprint density at radius 1 is 1.47 bits per heavy atom. The lowest BCUT2D eigenvalue weighted by Crippen LogP contribution is -2.26. The lowest BCUT2D eigenvalue weighted by atomic mass is 9.75. The van der Waals surface area contributed by atoms with Gasteiger partial charge in [0, 0.05) is 5.41 Å². The first kappa shape index (κ1) is 11.4. The van der Waals surface area contributed by atoms with E-state index in [1.165, 1.54) is 32.1 Å². The highest BCUT2D eigenvalue weighted by Crippen LogP contribution is 2.66. The average molecular weight is 211 g/mol. The summed E-state index contributed by atoms with van der Waals surface area (Å²) in [4.78, 5) is 0. The number of hydrogen-bond donors (Lipinski definition) is 2. The SMILES string of the molecule is CCC1(O)CC12CCCC(CCCN)C2. The van der Waals surface area contributed by atoms with Crippen LogP contribution in [0.4, 0.5) is 0 Å². The summed E-state index contributed by atoms with van der Waals surface area (Å²) in [6.07, 6.45) is 9.64. The van der Waals surface area contributed by atoms with Crippen molar-refractivity contribution in [2.75, 3.05) is 6.54 Å². The molecule has 3 N–H and O–H groups in total. The Bertz CT molecular complexity index is 227. The number of rotatable bonds is 4. The third-order valence-corrected chi connectivity index (χ3v) is 4.84. The van der Waals surface area contributed by atoms with Gasteiger partial charge in [-0.15, -0.1) is 0 Å². The summed E-state index contributed by atoms with van der Waals surface area (Å²) < 4.78 is 0. The predicted octanol–water partition coefficient (Wildman–Crippen LogP) is 2.45. The molecule has 2 rings (SSSR count). The van der Waals surface area contributed by atoms with Gasteiger partial charge in [-0.1, -0.05) is 19.8 Å². The molecule has 0 heterocycles. The quantitative estimate of drug-likeness (QED) is 0.750. The summed E-state index contributed by atoms with van der Waals surface area (Å²) in [6.45, 7) is 2.94. The molecule has 0 saturated heterocycles.